The molecular weight excluding hydrogens is 684 g/mol. The van der Waals surface area contributed by atoms with E-state index in [9.17, 15) is 35.7 Å². The number of guanidine groups is 1. The third kappa shape index (κ3) is 14.1. The monoisotopic (exact) mass is 716 g/mol. The Morgan fingerprint density at radius 2 is 1.25 bits per heavy atom. The van der Waals surface area contributed by atoms with Crippen molar-refractivity contribution >= 4 is 58.4 Å². The molecule has 3 aromatic carbocycles. The van der Waals surface area contributed by atoms with Gasteiger partial charge in [-0.3, -0.25) is 9.59 Å². The summed E-state index contributed by atoms with van der Waals surface area (Å²) in [5.41, 5.74) is 12.8. The summed E-state index contributed by atoms with van der Waals surface area (Å²) in [6, 6.07) is 18.5. The highest BCUT2D eigenvalue weighted by molar-refractivity contribution is 7.89. The van der Waals surface area contributed by atoms with Crippen LogP contribution in [0.15, 0.2) is 77.8 Å². The molecule has 3 aromatic rings. The fraction of sp³-hybridized carbons (Fsp3) is 0.214. The molecule has 0 spiro atoms. The third-order valence-corrected chi connectivity index (χ3v) is 8.31. The first-order valence-electron chi connectivity index (χ1n) is 13.4. The minimum Gasteiger partial charge on any atom is -0.475 e. The molecule has 3 rings (SSSR count). The Kier molecular flexibility index (Phi) is 13.5. The lowest BCUT2D eigenvalue weighted by molar-refractivity contribution is -0.192. The second-order valence-electron chi connectivity index (χ2n) is 9.75. The number of carboxylic acid groups (broad SMARTS) is 1. The van der Waals surface area contributed by atoms with Crippen LogP contribution in [-0.2, 0) is 35.4 Å². The zero-order valence-corrected chi connectivity index (χ0v) is 27.2. The van der Waals surface area contributed by atoms with Crippen LogP contribution in [0.1, 0.15) is 19.4 Å². The highest BCUT2D eigenvalue weighted by Crippen LogP contribution is 2.53. The van der Waals surface area contributed by atoms with Gasteiger partial charge in [0, 0.05) is 31.6 Å². The van der Waals surface area contributed by atoms with Crippen molar-refractivity contribution < 1.29 is 54.7 Å². The van der Waals surface area contributed by atoms with E-state index in [4.69, 9.17) is 30.4 Å². The van der Waals surface area contributed by atoms with Crippen molar-refractivity contribution in [2.75, 3.05) is 16.9 Å². The molecule has 0 fully saturated rings. The first-order chi connectivity index (χ1) is 22.1. The molecule has 0 aliphatic rings. The molecule has 0 aromatic heterocycles. The molecule has 15 nitrogen and oxygen atoms in total. The van der Waals surface area contributed by atoms with Gasteiger partial charge in [0.25, 0.3) is 0 Å². The van der Waals surface area contributed by atoms with Crippen molar-refractivity contribution in [1.29, 1.82) is 0 Å². The highest BCUT2D eigenvalue weighted by Gasteiger charge is 2.41. The number of hydrogen-bond donors (Lipinski definition) is 6. The van der Waals surface area contributed by atoms with E-state index in [1.807, 2.05) is 0 Å². The molecule has 0 aliphatic heterocycles. The second-order valence-corrected chi connectivity index (χ2v) is 13.6. The Bertz CT molecular complexity index is 1700. The van der Waals surface area contributed by atoms with E-state index < -0.39 is 35.5 Å². The van der Waals surface area contributed by atoms with E-state index in [0.717, 1.165) is 6.26 Å². The number of nitrogens with one attached hydrogen (secondary N) is 3. The van der Waals surface area contributed by atoms with Gasteiger partial charge in [0.05, 0.1) is 11.9 Å². The Morgan fingerprint density at radius 3 is 1.56 bits per heavy atom. The van der Waals surface area contributed by atoms with Crippen molar-refractivity contribution in [2.45, 2.75) is 32.2 Å². The normalized spacial score (nSPS) is 12.0. The summed E-state index contributed by atoms with van der Waals surface area (Å²) in [5, 5.41) is 12.4. The van der Waals surface area contributed by atoms with Crippen LogP contribution in [0.25, 0.3) is 0 Å². The smallest absolute Gasteiger partial charge is 0.475 e. The lowest BCUT2D eigenvalue weighted by Gasteiger charge is -2.28. The van der Waals surface area contributed by atoms with Crippen LogP contribution >= 0.6 is 7.60 Å². The lowest BCUT2D eigenvalue weighted by Crippen LogP contribution is -2.38. The number of anilines is 2. The Hall–Kier alpha value is -5.13. The van der Waals surface area contributed by atoms with Gasteiger partial charge < -0.3 is 36.3 Å². The van der Waals surface area contributed by atoms with Crippen LogP contribution in [-0.4, -0.2) is 55.5 Å². The van der Waals surface area contributed by atoms with Crippen LogP contribution < -0.4 is 35.9 Å². The average molecular weight is 717 g/mol. The zero-order valence-electron chi connectivity index (χ0n) is 25.5. The van der Waals surface area contributed by atoms with E-state index in [-0.39, 0.29) is 35.7 Å². The number of alkyl halides is 3. The molecule has 1 unspecified atom stereocenters. The van der Waals surface area contributed by atoms with Gasteiger partial charge in [-0.1, -0.05) is 12.1 Å². The molecule has 0 saturated carbocycles. The summed E-state index contributed by atoms with van der Waals surface area (Å²) in [5.74, 6) is -4.63. The molecule has 48 heavy (non-hydrogen) atoms. The number of carbonyl (C=O) groups excluding carboxylic acids is 2. The maximum absolute atomic E-state index is 14.5. The number of carboxylic acids is 1. The van der Waals surface area contributed by atoms with Crippen molar-refractivity contribution in [1.82, 2.24) is 4.72 Å². The van der Waals surface area contributed by atoms with Gasteiger partial charge in [0.1, 0.15) is 11.5 Å². The summed E-state index contributed by atoms with van der Waals surface area (Å²) >= 11 is 0. The molecule has 0 aliphatic carbocycles. The Balaban J connectivity index is 0.00000103. The second kappa shape index (κ2) is 16.6. The van der Waals surface area contributed by atoms with Crippen LogP contribution in [0.2, 0.25) is 0 Å². The summed E-state index contributed by atoms with van der Waals surface area (Å²) in [4.78, 5) is 35.6. The van der Waals surface area contributed by atoms with Crippen molar-refractivity contribution in [3.05, 3.63) is 78.4 Å². The van der Waals surface area contributed by atoms with Crippen molar-refractivity contribution in [2.24, 2.45) is 16.5 Å². The molecule has 0 heterocycles. The molecule has 0 saturated heterocycles. The van der Waals surface area contributed by atoms with E-state index in [1.54, 1.807) is 24.3 Å². The minimum atomic E-state index is -5.08. The van der Waals surface area contributed by atoms with Crippen LogP contribution in [0, 0.1) is 0 Å². The Labute approximate surface area is 273 Å². The summed E-state index contributed by atoms with van der Waals surface area (Å²) in [6.07, 6.45) is -4.25. The summed E-state index contributed by atoms with van der Waals surface area (Å²) in [7, 11) is -8.30. The predicted molar refractivity (Wildman–Crippen MR) is 171 cm³/mol. The van der Waals surface area contributed by atoms with Gasteiger partial charge in [-0.2, -0.15) is 17.9 Å². The number of hydrogen-bond acceptors (Lipinski definition) is 9. The van der Waals surface area contributed by atoms with Gasteiger partial charge in [-0.25, -0.2) is 22.8 Å². The number of sulfonamides is 1. The molecule has 20 heteroatoms. The Morgan fingerprint density at radius 1 is 0.854 bits per heavy atom. The molecule has 0 bridgehead atoms. The SMILES string of the molecule is CC(=O)Nc1ccc(OP(=O)(Oc2ccc(NC(C)=O)cc2)C(Cc2ccc(N=C(N)N)cc2)NS(C)(=O)=O)cc1.O=C(O)C(F)(F)F. The van der Waals surface area contributed by atoms with E-state index >= 15 is 0 Å². The number of amides is 2. The van der Waals surface area contributed by atoms with Crippen molar-refractivity contribution in [3.8, 4) is 11.5 Å². The van der Waals surface area contributed by atoms with Gasteiger partial charge >= 0.3 is 19.7 Å². The maximum Gasteiger partial charge on any atom is 0.490 e. The first-order valence-corrected chi connectivity index (χ1v) is 16.9. The van der Waals surface area contributed by atoms with Gasteiger partial charge in [-0.05, 0) is 66.2 Å². The molecule has 8 N–H and O–H groups in total. The standard InChI is InChI=1S/C26H31N6O7PS.C2HF3O2/c1-17(33)29-20-8-12-23(13-9-20)38-40(35,39-24-14-10-21(11-15-24)30-18(2)34)25(32-41(3,36)37)16-19-4-6-22(7-5-19)31-26(27)28;3-2(4,5)1(6)7/h4-15,25,32H,16H2,1-3H3,(H,29,33)(H,30,34)(H4,27,28,31);(H,6,7). The van der Waals surface area contributed by atoms with Gasteiger partial charge in [0.2, 0.25) is 21.8 Å². The van der Waals surface area contributed by atoms with Crippen LogP contribution in [0.4, 0.5) is 30.2 Å². The fourth-order valence-electron chi connectivity index (χ4n) is 3.59. The van der Waals surface area contributed by atoms with E-state index in [0.29, 0.717) is 22.6 Å². The van der Waals surface area contributed by atoms with Crippen LogP contribution in [0.3, 0.4) is 0 Å². The molecule has 0 radical (unpaired) electrons. The number of aliphatic carboxylic acids is 1. The molecule has 2 amide bonds. The van der Waals surface area contributed by atoms with Gasteiger partial charge in [-0.15, -0.1) is 0 Å². The third-order valence-electron chi connectivity index (χ3n) is 5.41. The van der Waals surface area contributed by atoms with E-state index in [1.165, 1.54) is 62.4 Å². The summed E-state index contributed by atoms with van der Waals surface area (Å²) < 4.78 is 85.2. The number of rotatable bonds is 12. The highest BCUT2D eigenvalue weighted by atomic mass is 32.2. The number of benzene rings is 3. The van der Waals surface area contributed by atoms with Crippen molar-refractivity contribution in [3.63, 3.8) is 0 Å². The largest absolute Gasteiger partial charge is 0.490 e. The first kappa shape index (κ1) is 39.1. The lowest BCUT2D eigenvalue weighted by atomic mass is 10.1. The summed E-state index contributed by atoms with van der Waals surface area (Å²) in [6.45, 7) is 2.71. The van der Waals surface area contributed by atoms with E-state index in [2.05, 4.69) is 20.3 Å². The number of halogens is 3. The molecule has 260 valence electrons. The molecular formula is C28H32F3N6O9PS. The topological polar surface area (TPSA) is 242 Å². The van der Waals surface area contributed by atoms with Gasteiger partial charge in [0.15, 0.2) is 11.7 Å². The maximum atomic E-state index is 14.5. The number of nitrogens with two attached hydrogens (primary N) is 2. The number of aliphatic imine (C=N–C) groups is 1. The quantitative estimate of drug-likeness (QED) is 0.0892. The average Bonchev–Trinajstić information content (AvgIpc) is 2.94. The molecule has 1 atom stereocenters. The zero-order chi connectivity index (χ0) is 36.3. The number of nitrogens with zero attached hydrogens (tertiary/aromatic N) is 1. The fourth-order valence-corrected chi connectivity index (χ4v) is 6.81. The number of carbonyl (C=O) groups is 3. The minimum absolute atomic E-state index is 0.0968. The predicted octanol–water partition coefficient (Wildman–Crippen LogP) is 3.91. The van der Waals surface area contributed by atoms with Crippen LogP contribution in [0.5, 0.6) is 11.5 Å².